The zero-order valence-electron chi connectivity index (χ0n) is 6.42. The van der Waals surface area contributed by atoms with Crippen molar-refractivity contribution >= 4 is 34.8 Å². The summed E-state index contributed by atoms with van der Waals surface area (Å²) in [4.78, 5) is 0. The Morgan fingerprint density at radius 3 is 2.00 bits per heavy atom. The molecule has 0 aromatic carbocycles. The van der Waals surface area contributed by atoms with Crippen molar-refractivity contribution in [2.45, 2.75) is 25.6 Å². The smallest absolute Gasteiger partial charge is 0.0814 e. The van der Waals surface area contributed by atoms with Gasteiger partial charge in [0.1, 0.15) is 0 Å². The second-order valence-corrected chi connectivity index (χ2v) is 5.28. The molecule has 0 radical (unpaired) electrons. The van der Waals surface area contributed by atoms with Gasteiger partial charge in [-0.25, -0.2) is 0 Å². The number of alkyl halides is 1. The normalized spacial score (nSPS) is 46.1. The van der Waals surface area contributed by atoms with E-state index in [1.165, 1.54) is 0 Å². The van der Waals surface area contributed by atoms with E-state index in [0.29, 0.717) is 5.03 Å². The fraction of sp³-hybridized carbons (Fsp3) is 0.750. The molecule has 1 saturated carbocycles. The zero-order valence-corrected chi connectivity index (χ0v) is 8.69. The number of rotatable bonds is 0. The number of hydrogen-bond acceptors (Lipinski definition) is 0. The highest BCUT2D eigenvalue weighted by atomic mass is 35.5. The van der Waals surface area contributed by atoms with Gasteiger partial charge in [-0.15, -0.1) is 11.6 Å². The molecule has 1 spiro atoms. The molecule has 62 valence electrons. The Hall–Kier alpha value is 0.610. The number of allylic oxidation sites excluding steroid dienone is 2. The second-order valence-electron chi connectivity index (χ2n) is 4.06. The molecule has 0 nitrogen and oxygen atoms in total. The minimum Gasteiger partial charge on any atom is -0.116 e. The average Bonchev–Trinajstić information content (AvgIpc) is 2.53. The van der Waals surface area contributed by atoms with Crippen LogP contribution in [0.4, 0.5) is 0 Å². The number of hydrogen-bond donors (Lipinski definition) is 0. The first kappa shape index (κ1) is 8.22. The van der Waals surface area contributed by atoms with Crippen molar-refractivity contribution in [1.29, 1.82) is 0 Å². The van der Waals surface area contributed by atoms with Crippen LogP contribution >= 0.6 is 34.8 Å². The maximum Gasteiger partial charge on any atom is 0.0814 e. The summed E-state index contributed by atoms with van der Waals surface area (Å²) in [5.41, 5.74) is 0.294. The Bertz CT molecular complexity index is 254. The predicted molar refractivity (Wildman–Crippen MR) is 49.2 cm³/mol. The van der Waals surface area contributed by atoms with Crippen LogP contribution in [0.2, 0.25) is 0 Å². The lowest BCUT2D eigenvalue weighted by molar-refractivity contribution is 0.429. The van der Waals surface area contributed by atoms with Crippen molar-refractivity contribution in [2.24, 2.45) is 10.8 Å². The standard InChI is InChI=1S/C8H9Cl3/c1-7(2)3-8(7)5(10)4(9)6(8)11/h5H,3H2,1-2H3/t5-,8?/m0/s1. The molecule has 0 amide bonds. The molecular formula is C8H9Cl3. The van der Waals surface area contributed by atoms with Gasteiger partial charge in [-0.05, 0) is 11.8 Å². The van der Waals surface area contributed by atoms with Crippen LogP contribution in [0.1, 0.15) is 20.3 Å². The van der Waals surface area contributed by atoms with E-state index in [-0.39, 0.29) is 16.2 Å². The maximum absolute atomic E-state index is 6.06. The van der Waals surface area contributed by atoms with Crippen molar-refractivity contribution in [1.82, 2.24) is 0 Å². The van der Waals surface area contributed by atoms with Crippen LogP contribution in [-0.4, -0.2) is 5.38 Å². The van der Waals surface area contributed by atoms with Crippen molar-refractivity contribution in [2.75, 3.05) is 0 Å². The van der Waals surface area contributed by atoms with Gasteiger partial charge in [0.25, 0.3) is 0 Å². The zero-order chi connectivity index (χ0) is 8.44. The minimum absolute atomic E-state index is 0.0349. The molecule has 2 rings (SSSR count). The van der Waals surface area contributed by atoms with Crippen LogP contribution < -0.4 is 0 Å². The highest BCUT2D eigenvalue weighted by molar-refractivity contribution is 6.47. The summed E-state index contributed by atoms with van der Waals surface area (Å²) in [5, 5.41) is 1.41. The summed E-state index contributed by atoms with van der Waals surface area (Å²) >= 11 is 17.9. The van der Waals surface area contributed by atoms with Gasteiger partial charge < -0.3 is 0 Å². The Morgan fingerprint density at radius 1 is 1.36 bits per heavy atom. The van der Waals surface area contributed by atoms with Gasteiger partial charge in [0, 0.05) is 10.4 Å². The number of halogens is 3. The predicted octanol–water partition coefficient (Wildman–Crippen LogP) is 3.71. The highest BCUT2D eigenvalue weighted by Gasteiger charge is 2.72. The summed E-state index contributed by atoms with van der Waals surface area (Å²) in [7, 11) is 0. The van der Waals surface area contributed by atoms with Gasteiger partial charge >= 0.3 is 0 Å². The summed E-state index contributed by atoms with van der Waals surface area (Å²) in [6.45, 7) is 4.35. The molecule has 2 atom stereocenters. The van der Waals surface area contributed by atoms with Crippen LogP contribution in [0.15, 0.2) is 10.1 Å². The molecule has 1 fully saturated rings. The van der Waals surface area contributed by atoms with Gasteiger partial charge in [0.15, 0.2) is 0 Å². The fourth-order valence-corrected chi connectivity index (χ4v) is 3.63. The third-order valence-electron chi connectivity index (χ3n) is 3.06. The molecule has 3 heteroatoms. The van der Waals surface area contributed by atoms with Gasteiger partial charge in [-0.2, -0.15) is 0 Å². The molecule has 2 aliphatic rings. The summed E-state index contributed by atoms with van der Waals surface area (Å²) in [6.07, 6.45) is 1.07. The Balaban J connectivity index is 2.37. The van der Waals surface area contributed by atoms with Crippen molar-refractivity contribution < 1.29 is 0 Å². The average molecular weight is 212 g/mol. The van der Waals surface area contributed by atoms with Crippen molar-refractivity contribution in [3.05, 3.63) is 10.1 Å². The van der Waals surface area contributed by atoms with Crippen LogP contribution in [0.3, 0.4) is 0 Å². The van der Waals surface area contributed by atoms with Crippen molar-refractivity contribution in [3.8, 4) is 0 Å². The molecule has 1 unspecified atom stereocenters. The molecule has 0 aliphatic heterocycles. The first-order chi connectivity index (χ1) is 4.93. The molecule has 2 aliphatic carbocycles. The van der Waals surface area contributed by atoms with E-state index in [0.717, 1.165) is 11.5 Å². The fourth-order valence-electron chi connectivity index (χ4n) is 2.03. The van der Waals surface area contributed by atoms with E-state index < -0.39 is 0 Å². The lowest BCUT2D eigenvalue weighted by Crippen LogP contribution is -2.33. The van der Waals surface area contributed by atoms with Gasteiger partial charge in [0.2, 0.25) is 0 Å². The molecule has 11 heavy (non-hydrogen) atoms. The molecule has 0 aromatic rings. The Morgan fingerprint density at radius 2 is 1.82 bits per heavy atom. The molecular weight excluding hydrogens is 202 g/mol. The first-order valence-corrected chi connectivity index (χ1v) is 4.82. The lowest BCUT2D eigenvalue weighted by atomic mass is 9.83. The van der Waals surface area contributed by atoms with Crippen LogP contribution in [-0.2, 0) is 0 Å². The van der Waals surface area contributed by atoms with E-state index >= 15 is 0 Å². The first-order valence-electron chi connectivity index (χ1n) is 3.63. The molecule has 0 N–H and O–H groups in total. The van der Waals surface area contributed by atoms with E-state index in [1.54, 1.807) is 0 Å². The monoisotopic (exact) mass is 210 g/mol. The Kier molecular flexibility index (Phi) is 1.43. The van der Waals surface area contributed by atoms with Crippen LogP contribution in [0.25, 0.3) is 0 Å². The largest absolute Gasteiger partial charge is 0.116 e. The van der Waals surface area contributed by atoms with Gasteiger partial charge in [0.05, 0.1) is 10.4 Å². The molecule has 0 bridgehead atoms. The van der Waals surface area contributed by atoms with E-state index in [9.17, 15) is 0 Å². The van der Waals surface area contributed by atoms with Gasteiger partial charge in [-0.3, -0.25) is 0 Å². The topological polar surface area (TPSA) is 0 Å². The summed E-state index contributed by atoms with van der Waals surface area (Å²) < 4.78 is 0. The summed E-state index contributed by atoms with van der Waals surface area (Å²) in [5.74, 6) is 0. The van der Waals surface area contributed by atoms with E-state index in [4.69, 9.17) is 34.8 Å². The van der Waals surface area contributed by atoms with E-state index in [1.807, 2.05) is 0 Å². The summed E-state index contributed by atoms with van der Waals surface area (Å²) in [6, 6.07) is 0. The third-order valence-corrected chi connectivity index (χ3v) is 4.81. The quantitative estimate of drug-likeness (QED) is 0.536. The van der Waals surface area contributed by atoms with Crippen LogP contribution in [0.5, 0.6) is 0 Å². The minimum atomic E-state index is -0.0355. The van der Waals surface area contributed by atoms with E-state index in [2.05, 4.69) is 13.8 Å². The second kappa shape index (κ2) is 1.92. The van der Waals surface area contributed by atoms with Crippen LogP contribution in [0, 0.1) is 10.8 Å². The SMILES string of the molecule is CC1(C)CC12C(Cl)=C(Cl)[C@@H]2Cl. The molecule has 0 saturated heterocycles. The Labute approximate surface area is 81.5 Å². The third kappa shape index (κ3) is 0.696. The molecule has 0 heterocycles. The maximum atomic E-state index is 6.06. The van der Waals surface area contributed by atoms with Gasteiger partial charge in [-0.1, -0.05) is 37.0 Å². The van der Waals surface area contributed by atoms with Crippen molar-refractivity contribution in [3.63, 3.8) is 0 Å². The lowest BCUT2D eigenvalue weighted by Gasteiger charge is -2.35. The molecule has 0 aromatic heterocycles. The highest BCUT2D eigenvalue weighted by Crippen LogP contribution is 2.78.